The number of hydrazine groups is 1. The minimum absolute atomic E-state index is 0.0709. The lowest BCUT2D eigenvalue weighted by molar-refractivity contribution is -0.348. The number of rotatable bonds is 6. The molecule has 0 bridgehead atoms. The van der Waals surface area contributed by atoms with Gasteiger partial charge in [-0.25, -0.2) is 10.2 Å². The molecule has 1 aliphatic rings. The van der Waals surface area contributed by atoms with Crippen LogP contribution in [0.2, 0.25) is 5.02 Å². The highest BCUT2D eigenvalue weighted by Gasteiger charge is 2.73. The molecule has 13 heteroatoms. The summed E-state index contributed by atoms with van der Waals surface area (Å²) in [5.74, 6) is 5.62. The molecule has 0 unspecified atom stereocenters. The highest BCUT2D eigenvalue weighted by atomic mass is 35.5. The van der Waals surface area contributed by atoms with E-state index in [2.05, 4.69) is 19.2 Å². The molecular weight excluding hydrogens is 553 g/mol. The fourth-order valence-electron chi connectivity index (χ4n) is 3.73. The number of hydrogen-bond acceptors (Lipinski definition) is 4. The molecule has 5 N–H and O–H groups in total. The number of amides is 1. The predicted molar refractivity (Wildman–Crippen MR) is 138 cm³/mol. The van der Waals surface area contributed by atoms with Gasteiger partial charge in [0, 0.05) is 23.4 Å². The number of benzene rings is 2. The van der Waals surface area contributed by atoms with E-state index in [1.165, 1.54) is 38.5 Å². The van der Waals surface area contributed by atoms with Crippen molar-refractivity contribution in [3.05, 3.63) is 69.4 Å². The van der Waals surface area contributed by atoms with E-state index in [1.54, 1.807) is 0 Å². The zero-order valence-corrected chi connectivity index (χ0v) is 22.5. The molecule has 5 nitrogen and oxygen atoms in total. The number of nitrogens with two attached hydrogens (primary N) is 2. The molecule has 39 heavy (non-hydrogen) atoms. The van der Waals surface area contributed by atoms with E-state index in [0.717, 1.165) is 24.1 Å². The molecule has 216 valence electrons. The maximum Gasteiger partial charge on any atom is 0.435 e. The number of nitrogens with zero attached hydrogens (tertiary/aromatic N) is 1. The number of hydrogen-bond donors (Lipinski definition) is 3. The fraction of sp³-hybridized carbons (Fsp3) is 0.423. The van der Waals surface area contributed by atoms with Crippen molar-refractivity contribution in [2.75, 3.05) is 5.01 Å². The summed E-state index contributed by atoms with van der Waals surface area (Å²) < 4.78 is 93.5. The lowest BCUT2D eigenvalue weighted by Gasteiger charge is -2.31. The first kappa shape index (κ1) is 32.2. The number of alkyl halides is 7. The van der Waals surface area contributed by atoms with Crippen molar-refractivity contribution >= 4 is 28.9 Å². The van der Waals surface area contributed by atoms with Crippen LogP contribution in [0.1, 0.15) is 65.7 Å². The van der Waals surface area contributed by atoms with Crippen molar-refractivity contribution < 1.29 is 35.5 Å². The van der Waals surface area contributed by atoms with Crippen LogP contribution >= 0.6 is 11.6 Å². The van der Waals surface area contributed by atoms with E-state index < -0.39 is 29.5 Å². The second kappa shape index (κ2) is 12.0. The topological polar surface area (TPSA) is 84.4 Å². The summed E-state index contributed by atoms with van der Waals surface area (Å²) in [5.41, 5.74) is -1.01. The Labute approximate surface area is 226 Å². The van der Waals surface area contributed by atoms with E-state index in [4.69, 9.17) is 23.2 Å². The lowest BCUT2D eigenvalue weighted by atomic mass is 9.88. The summed E-state index contributed by atoms with van der Waals surface area (Å²) in [4.78, 5) is 12.4. The largest absolute Gasteiger partial charge is 0.435 e. The lowest BCUT2D eigenvalue weighted by Crippen LogP contribution is -2.50. The van der Waals surface area contributed by atoms with E-state index >= 15 is 0 Å². The average Bonchev–Trinajstić information content (AvgIpc) is 3.61. The second-order valence-electron chi connectivity index (χ2n) is 9.25. The highest BCUT2D eigenvalue weighted by Crippen LogP contribution is 2.53. The van der Waals surface area contributed by atoms with Crippen LogP contribution in [-0.4, -0.2) is 24.3 Å². The van der Waals surface area contributed by atoms with Crippen LogP contribution in [0.3, 0.4) is 0 Å². The van der Waals surface area contributed by atoms with E-state index in [9.17, 15) is 35.5 Å². The normalized spacial score (nSPS) is 14.4. The van der Waals surface area contributed by atoms with Gasteiger partial charge >= 0.3 is 18.0 Å². The Balaban J connectivity index is 0.00000170. The summed E-state index contributed by atoms with van der Waals surface area (Å²) in [6.07, 6.45) is -8.34. The molecule has 1 fully saturated rings. The van der Waals surface area contributed by atoms with Crippen molar-refractivity contribution in [3.8, 4) is 0 Å². The number of anilines is 1. The second-order valence-corrected chi connectivity index (χ2v) is 9.66. The van der Waals surface area contributed by atoms with Gasteiger partial charge in [-0.15, -0.1) is 0 Å². The molecule has 0 radical (unpaired) electrons. The van der Waals surface area contributed by atoms with Crippen molar-refractivity contribution in [1.29, 1.82) is 0 Å². The standard InChI is InChI=1S/C23H22ClF7N4O.C3H8/c1-11-7-13(21(25,22(26,27)28)23(29,30)31)8-12(2)19(11)18(32)10-35(33)15-5-6-17(24)16(9-15)20(36)34-14-3-4-14;1-3-2/h5-10,14H,3-4,32-33H2,1-2H3,(H,34,36);3H2,1-2H3/b18-10-;. The molecule has 0 spiro atoms. The first-order valence-corrected chi connectivity index (χ1v) is 12.3. The van der Waals surface area contributed by atoms with Crippen molar-refractivity contribution in [3.63, 3.8) is 0 Å². The van der Waals surface area contributed by atoms with Crippen LogP contribution in [0, 0.1) is 13.8 Å². The molecule has 0 aliphatic heterocycles. The zero-order valence-electron chi connectivity index (χ0n) is 21.7. The molecule has 0 aromatic heterocycles. The number of aryl methyl sites for hydroxylation is 2. The zero-order chi connectivity index (χ0) is 29.9. The minimum atomic E-state index is -6.24. The van der Waals surface area contributed by atoms with Gasteiger partial charge < -0.3 is 11.1 Å². The SMILES string of the molecule is CCC.Cc1cc(C(F)(C(F)(F)F)C(F)(F)F)cc(C)c1/C(N)=C/N(N)c1ccc(Cl)c(C(=O)NC2CC2)c1. The summed E-state index contributed by atoms with van der Waals surface area (Å²) in [5, 5.41) is 3.97. The minimum Gasteiger partial charge on any atom is -0.397 e. The Morgan fingerprint density at radius 1 is 1.03 bits per heavy atom. The molecule has 0 atom stereocenters. The van der Waals surface area contributed by atoms with Gasteiger partial charge in [-0.3, -0.25) is 9.80 Å². The first-order valence-electron chi connectivity index (χ1n) is 11.9. The van der Waals surface area contributed by atoms with Crippen LogP contribution in [-0.2, 0) is 5.67 Å². The number of carbonyl (C=O) groups excluding carboxylic acids is 1. The maximum atomic E-state index is 14.5. The van der Waals surface area contributed by atoms with Gasteiger partial charge in [-0.05, 0) is 56.0 Å². The van der Waals surface area contributed by atoms with Gasteiger partial charge in [-0.1, -0.05) is 44.0 Å². The Bertz CT molecular complexity index is 1190. The third-order valence-corrected chi connectivity index (χ3v) is 6.01. The summed E-state index contributed by atoms with van der Waals surface area (Å²) in [7, 11) is 0. The van der Waals surface area contributed by atoms with Gasteiger partial charge in [0.2, 0.25) is 0 Å². The monoisotopic (exact) mass is 582 g/mol. The van der Waals surface area contributed by atoms with E-state index in [-0.39, 0.29) is 44.7 Å². The van der Waals surface area contributed by atoms with Crippen molar-refractivity contribution in [1.82, 2.24) is 5.32 Å². The molecule has 2 aromatic carbocycles. The Kier molecular flexibility index (Phi) is 9.94. The number of halogens is 8. The van der Waals surface area contributed by atoms with E-state index in [1.807, 2.05) is 0 Å². The van der Waals surface area contributed by atoms with Gasteiger partial charge in [0.25, 0.3) is 5.91 Å². The van der Waals surface area contributed by atoms with Crippen LogP contribution in [0.4, 0.5) is 36.4 Å². The smallest absolute Gasteiger partial charge is 0.397 e. The maximum absolute atomic E-state index is 14.5. The van der Waals surface area contributed by atoms with Crippen LogP contribution in [0.15, 0.2) is 36.5 Å². The van der Waals surface area contributed by atoms with Crippen molar-refractivity contribution in [2.24, 2.45) is 11.6 Å². The van der Waals surface area contributed by atoms with Gasteiger partial charge in [0.15, 0.2) is 0 Å². The quantitative estimate of drug-likeness (QED) is 0.191. The molecule has 1 aliphatic carbocycles. The van der Waals surface area contributed by atoms with Crippen molar-refractivity contribution in [2.45, 2.75) is 71.0 Å². The molecule has 0 heterocycles. The summed E-state index contributed by atoms with van der Waals surface area (Å²) >= 11 is 6.11. The fourth-order valence-corrected chi connectivity index (χ4v) is 3.94. The van der Waals surface area contributed by atoms with Gasteiger partial charge in [0.05, 0.1) is 22.0 Å². The third-order valence-electron chi connectivity index (χ3n) is 5.68. The summed E-state index contributed by atoms with van der Waals surface area (Å²) in [6.45, 7) is 6.65. The molecule has 2 aromatic rings. The molecule has 1 saturated carbocycles. The molecule has 0 saturated heterocycles. The van der Waals surface area contributed by atoms with Crippen LogP contribution < -0.4 is 21.9 Å². The first-order chi connectivity index (χ1) is 17.9. The van der Waals surface area contributed by atoms with Crippen LogP contribution in [0.5, 0.6) is 0 Å². The number of carbonyl (C=O) groups is 1. The predicted octanol–water partition coefficient (Wildman–Crippen LogP) is 7.19. The summed E-state index contributed by atoms with van der Waals surface area (Å²) in [6, 6.07) is 5.29. The molecule has 1 amide bonds. The van der Waals surface area contributed by atoms with E-state index in [0.29, 0.717) is 12.1 Å². The highest BCUT2D eigenvalue weighted by molar-refractivity contribution is 6.34. The van der Waals surface area contributed by atoms with Gasteiger partial charge in [-0.2, -0.15) is 26.3 Å². The Hall–Kier alpha value is -2.99. The number of nitrogens with one attached hydrogen (secondary N) is 1. The van der Waals surface area contributed by atoms with Gasteiger partial charge in [0.1, 0.15) is 0 Å². The van der Waals surface area contributed by atoms with Crippen LogP contribution in [0.25, 0.3) is 5.70 Å². The average molecular weight is 583 g/mol. The molecular formula is C26H30ClF7N4O. The molecule has 3 rings (SSSR count). The Morgan fingerprint density at radius 2 is 1.51 bits per heavy atom. The third kappa shape index (κ3) is 7.16. The Morgan fingerprint density at radius 3 is 1.95 bits per heavy atom.